The zero-order valence-corrected chi connectivity index (χ0v) is 15.5. The molecule has 1 aromatic carbocycles. The summed E-state index contributed by atoms with van der Waals surface area (Å²) in [6.45, 7) is 0.314. The summed E-state index contributed by atoms with van der Waals surface area (Å²) < 4.78 is 5.21. The minimum absolute atomic E-state index is 0.0206. The molecule has 9 heteroatoms. The van der Waals surface area contributed by atoms with Crippen molar-refractivity contribution in [1.82, 2.24) is 25.5 Å². The Bertz CT molecular complexity index is 1150. The first-order valence-electron chi connectivity index (χ1n) is 9.04. The minimum Gasteiger partial charge on any atom is -0.497 e. The van der Waals surface area contributed by atoms with Gasteiger partial charge in [0, 0.05) is 23.7 Å². The third-order valence-electron chi connectivity index (χ3n) is 5.42. The number of amides is 4. The van der Waals surface area contributed by atoms with E-state index in [1.165, 1.54) is 7.11 Å². The molecule has 2 aliphatic heterocycles. The van der Waals surface area contributed by atoms with Crippen LogP contribution in [0.1, 0.15) is 21.6 Å². The number of pyridine rings is 1. The van der Waals surface area contributed by atoms with E-state index in [0.717, 1.165) is 10.9 Å². The van der Waals surface area contributed by atoms with Crippen LogP contribution in [0, 0.1) is 0 Å². The first-order chi connectivity index (χ1) is 14.0. The van der Waals surface area contributed by atoms with Crippen molar-refractivity contribution in [2.24, 2.45) is 0 Å². The van der Waals surface area contributed by atoms with Gasteiger partial charge in [-0.2, -0.15) is 0 Å². The second kappa shape index (κ2) is 6.06. The Hall–Kier alpha value is -3.88. The molecule has 0 spiro atoms. The van der Waals surface area contributed by atoms with Gasteiger partial charge in [0.1, 0.15) is 11.4 Å². The first kappa shape index (κ1) is 17.2. The summed E-state index contributed by atoms with van der Waals surface area (Å²) in [5, 5.41) is 5.81. The number of methoxy groups -OCH3 is 1. The van der Waals surface area contributed by atoms with Crippen molar-refractivity contribution in [3.05, 3.63) is 59.4 Å². The second-order valence-electron chi connectivity index (χ2n) is 7.12. The van der Waals surface area contributed by atoms with Gasteiger partial charge in [-0.05, 0) is 35.9 Å². The molecule has 1 fully saturated rings. The molecule has 146 valence electrons. The fourth-order valence-electron chi connectivity index (χ4n) is 3.95. The van der Waals surface area contributed by atoms with Crippen LogP contribution in [0.4, 0.5) is 4.79 Å². The third-order valence-corrected chi connectivity index (χ3v) is 5.42. The number of rotatable bonds is 4. The number of fused-ring (bicyclic) bond motifs is 2. The topological polar surface area (TPSA) is 116 Å². The highest BCUT2D eigenvalue weighted by molar-refractivity contribution is 6.08. The van der Waals surface area contributed by atoms with Crippen molar-refractivity contribution in [1.29, 1.82) is 0 Å². The van der Waals surface area contributed by atoms with E-state index in [1.54, 1.807) is 35.4 Å². The first-order valence-corrected chi connectivity index (χ1v) is 9.04. The highest BCUT2D eigenvalue weighted by atomic mass is 16.5. The van der Waals surface area contributed by atoms with Gasteiger partial charge in [0.15, 0.2) is 5.54 Å². The highest BCUT2D eigenvalue weighted by Gasteiger charge is 2.51. The molecule has 3 aromatic rings. The number of urea groups is 1. The predicted octanol–water partition coefficient (Wildman–Crippen LogP) is 1.26. The number of hydrogen-bond donors (Lipinski definition) is 3. The van der Waals surface area contributed by atoms with Crippen molar-refractivity contribution in [2.45, 2.75) is 12.1 Å². The van der Waals surface area contributed by atoms with E-state index in [2.05, 4.69) is 20.6 Å². The number of carbonyl (C=O) groups is 3. The lowest BCUT2D eigenvalue weighted by atomic mass is 9.94. The molecule has 4 heterocycles. The lowest BCUT2D eigenvalue weighted by molar-refractivity contribution is -0.124. The van der Waals surface area contributed by atoms with Crippen LogP contribution in [0.15, 0.2) is 42.6 Å². The Kier molecular flexibility index (Phi) is 3.60. The number of nitrogens with zero attached hydrogens (tertiary/aromatic N) is 2. The fourth-order valence-corrected chi connectivity index (χ4v) is 3.95. The molecule has 0 bridgehead atoms. The van der Waals surface area contributed by atoms with Gasteiger partial charge in [0.05, 0.1) is 19.3 Å². The van der Waals surface area contributed by atoms with E-state index in [1.807, 2.05) is 12.1 Å². The Morgan fingerprint density at radius 3 is 2.79 bits per heavy atom. The van der Waals surface area contributed by atoms with Gasteiger partial charge in [-0.15, -0.1) is 0 Å². The molecule has 1 atom stereocenters. The van der Waals surface area contributed by atoms with Crippen LogP contribution in [-0.4, -0.2) is 46.4 Å². The lowest BCUT2D eigenvalue weighted by Crippen LogP contribution is -2.53. The zero-order chi connectivity index (χ0) is 20.2. The Morgan fingerprint density at radius 1 is 1.21 bits per heavy atom. The molecule has 2 aliphatic rings. The summed E-state index contributed by atoms with van der Waals surface area (Å²) in [4.78, 5) is 46.8. The van der Waals surface area contributed by atoms with Gasteiger partial charge in [0.2, 0.25) is 0 Å². The number of carbonyl (C=O) groups excluding carboxylic acids is 3. The maximum absolute atomic E-state index is 13.0. The number of H-pyrrole nitrogens is 1. The Labute approximate surface area is 165 Å². The maximum Gasteiger partial charge on any atom is 0.322 e. The molecular formula is C20H17N5O4. The van der Waals surface area contributed by atoms with E-state index in [-0.39, 0.29) is 12.5 Å². The quantitative estimate of drug-likeness (QED) is 0.579. The van der Waals surface area contributed by atoms with Crippen LogP contribution < -0.4 is 15.4 Å². The van der Waals surface area contributed by atoms with Gasteiger partial charge in [-0.25, -0.2) is 9.78 Å². The number of aromatic amines is 1. The van der Waals surface area contributed by atoms with Crippen LogP contribution in [-0.2, 0) is 16.9 Å². The molecule has 3 N–H and O–H groups in total. The number of hydrogen-bond acceptors (Lipinski definition) is 5. The number of nitrogens with one attached hydrogen (secondary N) is 3. The van der Waals surface area contributed by atoms with Crippen molar-refractivity contribution >= 4 is 28.9 Å². The average Bonchev–Trinajstić information content (AvgIpc) is 3.36. The molecule has 0 radical (unpaired) electrons. The maximum atomic E-state index is 13.0. The second-order valence-corrected chi connectivity index (χ2v) is 7.12. The lowest BCUT2D eigenvalue weighted by Gasteiger charge is -2.30. The zero-order valence-electron chi connectivity index (χ0n) is 15.5. The van der Waals surface area contributed by atoms with E-state index in [4.69, 9.17) is 4.74 Å². The molecule has 5 rings (SSSR count). The minimum atomic E-state index is -1.43. The van der Waals surface area contributed by atoms with Crippen LogP contribution in [0.3, 0.4) is 0 Å². The summed E-state index contributed by atoms with van der Waals surface area (Å²) in [6, 6.07) is 10.1. The van der Waals surface area contributed by atoms with E-state index >= 15 is 0 Å². The standard InChI is InChI=1S/C20H17N5O4/c1-29-13-5-4-12-9-25(17(26)14(12)8-13)10-20(18(27)23-19(28)24-20)15-7-11-3-2-6-21-16(11)22-15/h2-8H,9-10H2,1H3,(H,21,22)(H2,23,24,27,28)/t20-/m0/s1. The van der Waals surface area contributed by atoms with Crippen molar-refractivity contribution in [3.63, 3.8) is 0 Å². The molecule has 0 saturated carbocycles. The predicted molar refractivity (Wildman–Crippen MR) is 102 cm³/mol. The molecule has 1 saturated heterocycles. The largest absolute Gasteiger partial charge is 0.497 e. The highest BCUT2D eigenvalue weighted by Crippen LogP contribution is 2.33. The third kappa shape index (κ3) is 2.54. The number of benzene rings is 1. The van der Waals surface area contributed by atoms with Crippen LogP contribution in [0.2, 0.25) is 0 Å². The van der Waals surface area contributed by atoms with Gasteiger partial charge < -0.3 is 19.9 Å². The van der Waals surface area contributed by atoms with Crippen molar-refractivity contribution in [3.8, 4) is 5.75 Å². The average molecular weight is 391 g/mol. The van der Waals surface area contributed by atoms with Crippen LogP contribution in [0.5, 0.6) is 5.75 Å². The Balaban J connectivity index is 1.54. The summed E-state index contributed by atoms with van der Waals surface area (Å²) in [5.74, 6) is -0.154. The van der Waals surface area contributed by atoms with Gasteiger partial charge in [-0.3, -0.25) is 14.9 Å². The van der Waals surface area contributed by atoms with Crippen molar-refractivity contribution < 1.29 is 19.1 Å². The van der Waals surface area contributed by atoms with Gasteiger partial charge in [-0.1, -0.05) is 6.07 Å². The number of aromatic nitrogens is 2. The molecule has 4 amide bonds. The van der Waals surface area contributed by atoms with Crippen molar-refractivity contribution in [2.75, 3.05) is 13.7 Å². The summed E-state index contributed by atoms with van der Waals surface area (Å²) >= 11 is 0. The smallest absolute Gasteiger partial charge is 0.322 e. The van der Waals surface area contributed by atoms with Gasteiger partial charge >= 0.3 is 6.03 Å². The van der Waals surface area contributed by atoms with Crippen LogP contribution in [0.25, 0.3) is 11.0 Å². The molecule has 2 aromatic heterocycles. The molecule has 0 unspecified atom stereocenters. The Morgan fingerprint density at radius 2 is 2.07 bits per heavy atom. The normalized spacial score (nSPS) is 20.7. The fraction of sp³-hybridized carbons (Fsp3) is 0.200. The van der Waals surface area contributed by atoms with E-state index in [0.29, 0.717) is 29.2 Å². The molecule has 29 heavy (non-hydrogen) atoms. The van der Waals surface area contributed by atoms with E-state index in [9.17, 15) is 14.4 Å². The number of imide groups is 1. The summed E-state index contributed by atoms with van der Waals surface area (Å²) in [7, 11) is 1.54. The van der Waals surface area contributed by atoms with E-state index < -0.39 is 17.5 Å². The number of ether oxygens (including phenoxy) is 1. The summed E-state index contributed by atoms with van der Waals surface area (Å²) in [6.07, 6.45) is 1.64. The van der Waals surface area contributed by atoms with Crippen LogP contribution >= 0.6 is 0 Å². The monoisotopic (exact) mass is 391 g/mol. The molecule has 9 nitrogen and oxygen atoms in total. The van der Waals surface area contributed by atoms with Gasteiger partial charge in [0.25, 0.3) is 11.8 Å². The molecular weight excluding hydrogens is 374 g/mol. The molecule has 0 aliphatic carbocycles. The SMILES string of the molecule is COc1ccc2c(c1)C(=O)N(C[C@@]1(c3cc4cccnc4[nH]3)NC(=O)NC1=O)C2. The summed E-state index contributed by atoms with van der Waals surface area (Å²) in [5.41, 5.74) is 1.00.